The summed E-state index contributed by atoms with van der Waals surface area (Å²) in [4.78, 5) is 39.1. The Morgan fingerprint density at radius 3 is 2.53 bits per heavy atom. The Bertz CT molecular complexity index is 1050. The Balaban J connectivity index is 2.06. The summed E-state index contributed by atoms with van der Waals surface area (Å²) >= 11 is 2.10. The number of nitrogens with one attached hydrogen (secondary N) is 1. The van der Waals surface area contributed by atoms with E-state index in [1.165, 1.54) is 13.2 Å². The maximum absolute atomic E-state index is 13.1. The predicted octanol–water partition coefficient (Wildman–Crippen LogP) is 3.93. The molecule has 0 atom stereocenters. The fourth-order valence-corrected chi connectivity index (χ4v) is 3.96. The van der Waals surface area contributed by atoms with Crippen LogP contribution in [-0.2, 0) is 16.0 Å². The Morgan fingerprint density at radius 2 is 1.87 bits per heavy atom. The van der Waals surface area contributed by atoms with Gasteiger partial charge in [0.2, 0.25) is 0 Å². The molecule has 0 radical (unpaired) electrons. The lowest BCUT2D eigenvalue weighted by atomic mass is 10.0. The van der Waals surface area contributed by atoms with Crippen LogP contribution in [0.15, 0.2) is 42.0 Å². The molecule has 1 heterocycles. The number of halogens is 1. The standard InChI is InChI=1S/C22H21IN2O5/c1-4-14-8-6-7-9-17(14)25-21(27)15(20(26)24-22(25)28)10-13-11-16(23)19(30-5-2)18(12-13)29-3/h6-12H,4-5H2,1-3H3,(H,24,26,28)/b15-10-. The van der Waals surface area contributed by atoms with E-state index in [-0.39, 0.29) is 5.57 Å². The Kier molecular flexibility index (Phi) is 6.76. The van der Waals surface area contributed by atoms with Crippen molar-refractivity contribution in [3.8, 4) is 11.5 Å². The summed E-state index contributed by atoms with van der Waals surface area (Å²) in [5, 5.41) is 2.26. The first-order valence-corrected chi connectivity index (χ1v) is 10.5. The Hall–Kier alpha value is -2.88. The van der Waals surface area contributed by atoms with Crippen LogP contribution in [0.3, 0.4) is 0 Å². The summed E-state index contributed by atoms with van der Waals surface area (Å²) in [5.74, 6) is -0.329. The van der Waals surface area contributed by atoms with Gasteiger partial charge in [0, 0.05) is 0 Å². The minimum absolute atomic E-state index is 0.137. The van der Waals surface area contributed by atoms with Crippen molar-refractivity contribution in [3.05, 3.63) is 56.7 Å². The van der Waals surface area contributed by atoms with E-state index in [9.17, 15) is 14.4 Å². The monoisotopic (exact) mass is 520 g/mol. The average Bonchev–Trinajstić information content (AvgIpc) is 2.73. The number of amides is 4. The molecule has 2 aromatic rings. The molecule has 1 N–H and O–H groups in total. The number of carbonyl (C=O) groups is 3. The summed E-state index contributed by atoms with van der Waals surface area (Å²) in [5.41, 5.74) is 1.73. The number of aryl methyl sites for hydroxylation is 1. The van der Waals surface area contributed by atoms with Crippen molar-refractivity contribution in [2.45, 2.75) is 20.3 Å². The van der Waals surface area contributed by atoms with E-state index in [4.69, 9.17) is 9.47 Å². The van der Waals surface area contributed by atoms with Gasteiger partial charge in [-0.05, 0) is 71.3 Å². The van der Waals surface area contributed by atoms with Crippen molar-refractivity contribution in [1.29, 1.82) is 0 Å². The predicted molar refractivity (Wildman–Crippen MR) is 122 cm³/mol. The second-order valence-electron chi connectivity index (χ2n) is 6.41. The van der Waals surface area contributed by atoms with Crippen molar-refractivity contribution in [2.24, 2.45) is 0 Å². The molecule has 1 aliphatic heterocycles. The number of ether oxygens (including phenoxy) is 2. The molecule has 3 rings (SSSR count). The van der Waals surface area contributed by atoms with Crippen LogP contribution < -0.4 is 19.7 Å². The van der Waals surface area contributed by atoms with E-state index in [1.807, 2.05) is 26.0 Å². The zero-order chi connectivity index (χ0) is 21.8. The average molecular weight is 520 g/mol. The number of urea groups is 1. The molecule has 0 aromatic heterocycles. The number of hydrogen-bond donors (Lipinski definition) is 1. The molecule has 0 spiro atoms. The largest absolute Gasteiger partial charge is 0.493 e. The lowest BCUT2D eigenvalue weighted by molar-refractivity contribution is -0.122. The number of nitrogens with zero attached hydrogens (tertiary/aromatic N) is 1. The van der Waals surface area contributed by atoms with Gasteiger partial charge in [0.05, 0.1) is 23.0 Å². The van der Waals surface area contributed by atoms with Crippen LogP contribution in [-0.4, -0.2) is 31.6 Å². The van der Waals surface area contributed by atoms with Gasteiger partial charge in [0.1, 0.15) is 5.57 Å². The molecule has 1 fully saturated rings. The van der Waals surface area contributed by atoms with E-state index >= 15 is 0 Å². The first-order chi connectivity index (χ1) is 14.4. The highest BCUT2D eigenvalue weighted by molar-refractivity contribution is 14.1. The smallest absolute Gasteiger partial charge is 0.335 e. The molecule has 8 heteroatoms. The fourth-order valence-electron chi connectivity index (χ4n) is 3.18. The number of imide groups is 2. The minimum atomic E-state index is -0.762. The molecular formula is C22H21IN2O5. The summed E-state index contributed by atoms with van der Waals surface area (Å²) in [7, 11) is 1.52. The second-order valence-corrected chi connectivity index (χ2v) is 7.57. The number of benzene rings is 2. The number of hydrogen-bond acceptors (Lipinski definition) is 5. The molecule has 7 nitrogen and oxygen atoms in total. The molecule has 0 aliphatic carbocycles. The molecule has 2 aromatic carbocycles. The normalized spacial score (nSPS) is 15.4. The van der Waals surface area contributed by atoms with Gasteiger partial charge in [-0.3, -0.25) is 14.9 Å². The van der Waals surface area contributed by atoms with E-state index in [0.29, 0.717) is 35.8 Å². The molecule has 1 saturated heterocycles. The molecule has 0 saturated carbocycles. The van der Waals surface area contributed by atoms with Crippen LogP contribution in [0, 0.1) is 3.57 Å². The number of barbiturate groups is 1. The minimum Gasteiger partial charge on any atom is -0.493 e. The first-order valence-electron chi connectivity index (χ1n) is 9.40. The molecule has 0 bridgehead atoms. The molecular weight excluding hydrogens is 499 g/mol. The number of para-hydroxylation sites is 1. The number of methoxy groups -OCH3 is 1. The van der Waals surface area contributed by atoms with Crippen LogP contribution in [0.5, 0.6) is 11.5 Å². The SMILES string of the molecule is CCOc1c(I)cc(/C=C2/C(=O)NC(=O)N(c3ccccc3CC)C2=O)cc1OC. The van der Waals surface area contributed by atoms with Crippen molar-refractivity contribution in [2.75, 3.05) is 18.6 Å². The third-order valence-corrected chi connectivity index (χ3v) is 5.37. The van der Waals surface area contributed by atoms with Crippen molar-refractivity contribution in [3.63, 3.8) is 0 Å². The lowest BCUT2D eigenvalue weighted by Gasteiger charge is -2.28. The van der Waals surface area contributed by atoms with Gasteiger partial charge in [-0.15, -0.1) is 0 Å². The maximum Gasteiger partial charge on any atom is 0.335 e. The number of anilines is 1. The van der Waals surface area contributed by atoms with Crippen LogP contribution in [0.2, 0.25) is 0 Å². The molecule has 4 amide bonds. The molecule has 30 heavy (non-hydrogen) atoms. The number of rotatable bonds is 6. The lowest BCUT2D eigenvalue weighted by Crippen LogP contribution is -2.54. The number of carbonyl (C=O) groups excluding carboxylic acids is 3. The Labute approximate surface area is 188 Å². The van der Waals surface area contributed by atoms with Gasteiger partial charge >= 0.3 is 6.03 Å². The van der Waals surface area contributed by atoms with Gasteiger partial charge in [-0.1, -0.05) is 25.1 Å². The highest BCUT2D eigenvalue weighted by atomic mass is 127. The summed E-state index contributed by atoms with van der Waals surface area (Å²) in [6.45, 7) is 4.28. The molecule has 1 aliphatic rings. The third kappa shape index (κ3) is 4.18. The Morgan fingerprint density at radius 1 is 1.13 bits per heavy atom. The first kappa shape index (κ1) is 21.8. The van der Waals surface area contributed by atoms with Crippen molar-refractivity contribution >= 4 is 52.2 Å². The zero-order valence-electron chi connectivity index (χ0n) is 16.8. The van der Waals surface area contributed by atoms with E-state index in [2.05, 4.69) is 27.9 Å². The zero-order valence-corrected chi connectivity index (χ0v) is 19.0. The van der Waals surface area contributed by atoms with Crippen molar-refractivity contribution in [1.82, 2.24) is 5.32 Å². The van der Waals surface area contributed by atoms with Gasteiger partial charge in [0.15, 0.2) is 11.5 Å². The second kappa shape index (κ2) is 9.29. The fraction of sp³-hybridized carbons (Fsp3) is 0.227. The third-order valence-electron chi connectivity index (χ3n) is 4.57. The van der Waals surface area contributed by atoms with Crippen LogP contribution in [0.4, 0.5) is 10.5 Å². The van der Waals surface area contributed by atoms with Gasteiger partial charge in [0.25, 0.3) is 11.8 Å². The van der Waals surface area contributed by atoms with Crippen LogP contribution in [0.25, 0.3) is 6.08 Å². The summed E-state index contributed by atoms with van der Waals surface area (Å²) in [6, 6.07) is 9.81. The highest BCUT2D eigenvalue weighted by Crippen LogP contribution is 2.35. The van der Waals surface area contributed by atoms with Crippen LogP contribution in [0.1, 0.15) is 25.0 Å². The van der Waals surface area contributed by atoms with Gasteiger partial charge in [-0.25, -0.2) is 9.69 Å². The van der Waals surface area contributed by atoms with E-state index in [0.717, 1.165) is 14.0 Å². The van der Waals surface area contributed by atoms with Gasteiger partial charge in [-0.2, -0.15) is 0 Å². The summed E-state index contributed by atoms with van der Waals surface area (Å²) < 4.78 is 11.8. The van der Waals surface area contributed by atoms with Crippen molar-refractivity contribution < 1.29 is 23.9 Å². The molecule has 0 unspecified atom stereocenters. The topological polar surface area (TPSA) is 84.9 Å². The van der Waals surface area contributed by atoms with E-state index in [1.54, 1.807) is 24.3 Å². The highest BCUT2D eigenvalue weighted by Gasteiger charge is 2.37. The van der Waals surface area contributed by atoms with Crippen LogP contribution >= 0.6 is 22.6 Å². The molecule has 156 valence electrons. The van der Waals surface area contributed by atoms with E-state index < -0.39 is 17.8 Å². The maximum atomic E-state index is 13.1. The summed E-state index contributed by atoms with van der Waals surface area (Å²) in [6.07, 6.45) is 2.08. The quantitative estimate of drug-likeness (QED) is 0.355. The van der Waals surface area contributed by atoms with Gasteiger partial charge < -0.3 is 9.47 Å².